The number of piperidine rings is 1. The molecule has 0 spiro atoms. The SMILES string of the molecule is COc1ccc2[nH]c(C3CC4CC4N3C(=O)c3cc(F)ccc3-n3nccn3)nc2c1. The minimum absolute atomic E-state index is 0.141. The molecule has 1 amide bonds. The van der Waals surface area contributed by atoms with Gasteiger partial charge in [0, 0.05) is 12.1 Å². The molecule has 8 nitrogen and oxygen atoms in total. The van der Waals surface area contributed by atoms with Gasteiger partial charge in [-0.2, -0.15) is 15.0 Å². The van der Waals surface area contributed by atoms with Crippen molar-refractivity contribution in [1.29, 1.82) is 0 Å². The second-order valence-corrected chi connectivity index (χ2v) is 8.01. The number of nitrogens with one attached hydrogen (secondary N) is 1. The van der Waals surface area contributed by atoms with E-state index >= 15 is 0 Å². The Balaban J connectivity index is 1.40. The van der Waals surface area contributed by atoms with Crippen LogP contribution in [0.5, 0.6) is 5.75 Å². The molecule has 0 bridgehead atoms. The number of aromatic amines is 1. The second kappa shape index (κ2) is 6.63. The molecule has 2 aromatic carbocycles. The second-order valence-electron chi connectivity index (χ2n) is 8.01. The highest BCUT2D eigenvalue weighted by Crippen LogP contribution is 2.53. The fourth-order valence-corrected chi connectivity index (χ4v) is 4.62. The van der Waals surface area contributed by atoms with Crippen molar-refractivity contribution in [3.05, 3.63) is 66.0 Å². The Morgan fingerprint density at radius 2 is 2.00 bits per heavy atom. The van der Waals surface area contributed by atoms with E-state index in [1.54, 1.807) is 7.11 Å². The van der Waals surface area contributed by atoms with Crippen molar-refractivity contribution in [3.8, 4) is 11.4 Å². The zero-order valence-corrected chi connectivity index (χ0v) is 16.7. The Kier molecular flexibility index (Phi) is 3.86. The molecule has 1 aliphatic heterocycles. The fraction of sp³-hybridized carbons (Fsp3) is 0.273. The standard InChI is InChI=1S/C22H19FN6O2/c1-31-14-3-4-16-17(11-14)27-21(26-16)20-9-12-8-19(12)28(20)22(30)15-10-13(23)2-5-18(15)29-24-6-7-25-29/h2-7,10-12,19-20H,8-9H2,1H3,(H,26,27). The highest BCUT2D eigenvalue weighted by molar-refractivity contribution is 5.98. The third kappa shape index (κ3) is 2.88. The van der Waals surface area contributed by atoms with E-state index in [0.29, 0.717) is 11.6 Å². The minimum Gasteiger partial charge on any atom is -0.497 e. The van der Waals surface area contributed by atoms with Crippen LogP contribution in [0.1, 0.15) is 35.1 Å². The van der Waals surface area contributed by atoms with Gasteiger partial charge in [-0.3, -0.25) is 4.79 Å². The molecule has 1 N–H and O–H groups in total. The molecule has 156 valence electrons. The molecule has 0 radical (unpaired) electrons. The van der Waals surface area contributed by atoms with E-state index < -0.39 is 5.82 Å². The minimum atomic E-state index is -0.474. The van der Waals surface area contributed by atoms with Crippen molar-refractivity contribution in [2.75, 3.05) is 7.11 Å². The normalized spacial score (nSPS) is 22.0. The van der Waals surface area contributed by atoms with E-state index in [0.717, 1.165) is 35.4 Å². The molecule has 2 fully saturated rings. The lowest BCUT2D eigenvalue weighted by Crippen LogP contribution is -2.35. The van der Waals surface area contributed by atoms with Crippen LogP contribution in [0.15, 0.2) is 48.8 Å². The zero-order chi connectivity index (χ0) is 21.1. The molecular formula is C22H19FN6O2. The van der Waals surface area contributed by atoms with Crippen LogP contribution in [0.2, 0.25) is 0 Å². The maximum atomic E-state index is 14.1. The predicted molar refractivity (Wildman–Crippen MR) is 109 cm³/mol. The third-order valence-corrected chi connectivity index (χ3v) is 6.19. The van der Waals surface area contributed by atoms with Crippen molar-refractivity contribution in [2.45, 2.75) is 24.9 Å². The number of amides is 1. The first-order chi connectivity index (χ1) is 15.1. The average molecular weight is 418 g/mol. The molecule has 1 saturated carbocycles. The lowest BCUT2D eigenvalue weighted by atomic mass is 10.1. The largest absolute Gasteiger partial charge is 0.497 e. The summed E-state index contributed by atoms with van der Waals surface area (Å²) in [5.74, 6) is 1.19. The molecule has 6 rings (SSSR count). The Hall–Kier alpha value is -3.75. The van der Waals surface area contributed by atoms with Gasteiger partial charge in [0.2, 0.25) is 0 Å². The van der Waals surface area contributed by atoms with Gasteiger partial charge in [0.1, 0.15) is 17.4 Å². The number of fused-ring (bicyclic) bond motifs is 2. The number of nitrogens with zero attached hydrogens (tertiary/aromatic N) is 5. The zero-order valence-electron chi connectivity index (χ0n) is 16.7. The van der Waals surface area contributed by atoms with E-state index in [-0.39, 0.29) is 23.6 Å². The highest BCUT2D eigenvalue weighted by Gasteiger charge is 2.55. The Bertz CT molecular complexity index is 1300. The van der Waals surface area contributed by atoms with Crippen molar-refractivity contribution in [1.82, 2.24) is 29.9 Å². The van der Waals surface area contributed by atoms with E-state index in [4.69, 9.17) is 9.72 Å². The number of hydrogen-bond acceptors (Lipinski definition) is 5. The number of hydrogen-bond donors (Lipinski definition) is 1. The molecule has 3 unspecified atom stereocenters. The van der Waals surface area contributed by atoms with Gasteiger partial charge in [-0.15, -0.1) is 0 Å². The first-order valence-electron chi connectivity index (χ1n) is 10.1. The molecule has 31 heavy (non-hydrogen) atoms. The average Bonchev–Trinajstić information content (AvgIpc) is 3.19. The number of benzene rings is 2. The van der Waals surface area contributed by atoms with E-state index in [9.17, 15) is 9.18 Å². The van der Waals surface area contributed by atoms with Crippen molar-refractivity contribution in [3.63, 3.8) is 0 Å². The van der Waals surface area contributed by atoms with Crippen LogP contribution < -0.4 is 4.74 Å². The lowest BCUT2D eigenvalue weighted by Gasteiger charge is -2.27. The lowest BCUT2D eigenvalue weighted by molar-refractivity contribution is 0.0692. The van der Waals surface area contributed by atoms with Crippen molar-refractivity contribution in [2.24, 2.45) is 5.92 Å². The molecule has 1 aliphatic carbocycles. The van der Waals surface area contributed by atoms with Crippen LogP contribution >= 0.6 is 0 Å². The van der Waals surface area contributed by atoms with Gasteiger partial charge in [0.05, 0.1) is 47.8 Å². The first-order valence-corrected chi connectivity index (χ1v) is 10.1. The summed E-state index contributed by atoms with van der Waals surface area (Å²) in [5, 5.41) is 8.24. The van der Waals surface area contributed by atoms with Crippen LogP contribution in [0.4, 0.5) is 4.39 Å². The van der Waals surface area contributed by atoms with Gasteiger partial charge in [-0.05, 0) is 49.1 Å². The number of imidazole rings is 1. The van der Waals surface area contributed by atoms with Gasteiger partial charge in [0.15, 0.2) is 0 Å². The topological polar surface area (TPSA) is 88.9 Å². The van der Waals surface area contributed by atoms with Crippen LogP contribution in [0.3, 0.4) is 0 Å². The summed E-state index contributed by atoms with van der Waals surface area (Å²) in [6.45, 7) is 0. The van der Waals surface area contributed by atoms with Crippen LogP contribution in [0.25, 0.3) is 16.7 Å². The predicted octanol–water partition coefficient (Wildman–Crippen LogP) is 3.27. The summed E-state index contributed by atoms with van der Waals surface area (Å²) < 4.78 is 19.4. The number of likely N-dealkylation sites (tertiary alicyclic amines) is 1. The third-order valence-electron chi connectivity index (χ3n) is 6.19. The van der Waals surface area contributed by atoms with Gasteiger partial charge in [-0.25, -0.2) is 9.37 Å². The fourth-order valence-electron chi connectivity index (χ4n) is 4.62. The number of methoxy groups -OCH3 is 1. The van der Waals surface area contributed by atoms with Crippen LogP contribution in [0, 0.1) is 11.7 Å². The molecule has 2 aliphatic rings. The Labute approximate surface area is 176 Å². The monoisotopic (exact) mass is 418 g/mol. The summed E-state index contributed by atoms with van der Waals surface area (Å²) in [5.41, 5.74) is 2.37. The van der Waals surface area contributed by atoms with E-state index in [1.165, 1.54) is 35.4 Å². The summed E-state index contributed by atoms with van der Waals surface area (Å²) in [6.07, 6.45) is 4.84. The summed E-state index contributed by atoms with van der Waals surface area (Å²) >= 11 is 0. The quantitative estimate of drug-likeness (QED) is 0.550. The van der Waals surface area contributed by atoms with Crippen molar-refractivity contribution < 1.29 is 13.9 Å². The maximum absolute atomic E-state index is 14.1. The number of halogens is 1. The molecule has 9 heteroatoms. The molecule has 3 atom stereocenters. The number of carbonyl (C=O) groups is 1. The van der Waals surface area contributed by atoms with Crippen LogP contribution in [-0.4, -0.2) is 48.9 Å². The summed E-state index contributed by atoms with van der Waals surface area (Å²) in [4.78, 5) is 25.0. The van der Waals surface area contributed by atoms with Crippen LogP contribution in [-0.2, 0) is 0 Å². The van der Waals surface area contributed by atoms with Gasteiger partial charge < -0.3 is 14.6 Å². The molecule has 1 saturated heterocycles. The Morgan fingerprint density at radius 3 is 2.81 bits per heavy atom. The molecule has 3 heterocycles. The van der Waals surface area contributed by atoms with Gasteiger partial charge in [0.25, 0.3) is 5.91 Å². The number of H-pyrrole nitrogens is 1. The number of carbonyl (C=O) groups excluding carboxylic acids is 1. The smallest absolute Gasteiger partial charge is 0.257 e. The molecule has 4 aromatic rings. The first kappa shape index (κ1) is 18.1. The molecule has 2 aromatic heterocycles. The maximum Gasteiger partial charge on any atom is 0.257 e. The number of ether oxygens (including phenoxy) is 1. The molecular weight excluding hydrogens is 399 g/mol. The van der Waals surface area contributed by atoms with Crippen molar-refractivity contribution >= 4 is 16.9 Å². The van der Waals surface area contributed by atoms with E-state index in [1.807, 2.05) is 23.1 Å². The summed E-state index contributed by atoms with van der Waals surface area (Å²) in [6, 6.07) is 9.70. The highest BCUT2D eigenvalue weighted by atomic mass is 19.1. The number of rotatable bonds is 4. The Morgan fingerprint density at radius 1 is 1.16 bits per heavy atom. The van der Waals surface area contributed by atoms with Gasteiger partial charge >= 0.3 is 0 Å². The summed E-state index contributed by atoms with van der Waals surface area (Å²) in [7, 11) is 1.62. The van der Waals surface area contributed by atoms with Gasteiger partial charge in [-0.1, -0.05) is 0 Å². The van der Waals surface area contributed by atoms with E-state index in [2.05, 4.69) is 15.2 Å². The number of aromatic nitrogens is 5.